The summed E-state index contributed by atoms with van der Waals surface area (Å²) < 4.78 is 44.7. The molecule has 55 heavy (non-hydrogen) atoms. The fourth-order valence-electron chi connectivity index (χ4n) is 6.48. The molecule has 1 aliphatic heterocycles. The maximum Gasteiger partial charge on any atom is 0.431 e. The van der Waals surface area contributed by atoms with E-state index in [1.165, 1.54) is 24.9 Å². The molecule has 11 nitrogen and oxygen atoms in total. The molecular formula is C40H32BrF3N10O. The average molecular weight is 806 g/mol. The summed E-state index contributed by atoms with van der Waals surface area (Å²) in [5.41, 5.74) is 6.84. The van der Waals surface area contributed by atoms with E-state index < -0.39 is 11.9 Å². The normalized spacial score (nSPS) is 13.2. The number of fused-ring (bicyclic) bond motifs is 2. The predicted octanol–water partition coefficient (Wildman–Crippen LogP) is 8.48. The molecular weight excluding hydrogens is 773 g/mol. The zero-order valence-corrected chi connectivity index (χ0v) is 31.1. The number of nitrogens with zero attached hydrogens (tertiary/aromatic N) is 8. The topological polar surface area (TPSA) is 118 Å². The van der Waals surface area contributed by atoms with Crippen LogP contribution in [-0.2, 0) is 6.54 Å². The standard InChI is InChI=1S/C40H32BrF3N10O/c1-24(55)32-20-48-38-36(46-18-25-8-7-15-45-17-25)50-31(22-53(32)38)28-11-6-12-29(16-28)34-35(41)54-23-30(27-9-4-3-5-10-27)49-37(39(54)51-34)47-19-26-13-14-33(40(42,43)44)52(2)21-26/h3-17,20,22-23H,18-19,21H2,1-2H3,(H,46,50)(H,47,49). The van der Waals surface area contributed by atoms with E-state index in [0.29, 0.717) is 56.9 Å². The fourth-order valence-corrected chi connectivity index (χ4v) is 7.07. The molecule has 15 heteroatoms. The lowest BCUT2D eigenvalue weighted by molar-refractivity contribution is -0.109. The van der Waals surface area contributed by atoms with Gasteiger partial charge in [0.15, 0.2) is 28.7 Å². The summed E-state index contributed by atoms with van der Waals surface area (Å²) in [5, 5.41) is 6.72. The van der Waals surface area contributed by atoms with Gasteiger partial charge < -0.3 is 15.5 Å². The Hall–Kier alpha value is -6.35. The first-order valence-electron chi connectivity index (χ1n) is 17.2. The summed E-state index contributed by atoms with van der Waals surface area (Å²) in [6.45, 7) is 2.31. The van der Waals surface area contributed by atoms with E-state index in [9.17, 15) is 18.0 Å². The molecule has 0 aliphatic carbocycles. The van der Waals surface area contributed by atoms with E-state index in [-0.39, 0.29) is 18.9 Å². The van der Waals surface area contributed by atoms with Gasteiger partial charge in [-0.05, 0) is 45.3 Å². The van der Waals surface area contributed by atoms with E-state index in [1.54, 1.807) is 29.2 Å². The Morgan fingerprint density at radius 3 is 2.25 bits per heavy atom. The lowest BCUT2D eigenvalue weighted by atomic mass is 10.1. The zero-order chi connectivity index (χ0) is 38.3. The van der Waals surface area contributed by atoms with E-state index in [0.717, 1.165) is 33.9 Å². The predicted molar refractivity (Wildman–Crippen MR) is 208 cm³/mol. The van der Waals surface area contributed by atoms with Crippen molar-refractivity contribution in [2.45, 2.75) is 19.6 Å². The van der Waals surface area contributed by atoms with Gasteiger partial charge in [0.25, 0.3) is 0 Å². The van der Waals surface area contributed by atoms with Crippen molar-refractivity contribution >= 4 is 44.6 Å². The molecule has 8 rings (SSSR count). The SMILES string of the molecule is CC(=O)c1cnc2c(NCc3cccnc3)nc(-c3cccc(-c4nc5c(NCC6=CC=C(C(F)(F)F)N(C)C6)nc(-c6ccccc6)cn5c4Br)c3)cn12. The van der Waals surface area contributed by atoms with Crippen LogP contribution in [0.4, 0.5) is 24.8 Å². The molecule has 1 aliphatic rings. The summed E-state index contributed by atoms with van der Waals surface area (Å²) in [4.78, 5) is 37.4. The van der Waals surface area contributed by atoms with Crippen molar-refractivity contribution in [3.05, 3.63) is 137 Å². The second-order valence-corrected chi connectivity index (χ2v) is 13.8. The number of benzene rings is 2. The van der Waals surface area contributed by atoms with E-state index in [4.69, 9.17) is 15.0 Å². The summed E-state index contributed by atoms with van der Waals surface area (Å²) >= 11 is 3.81. The first kappa shape index (κ1) is 35.7. The van der Waals surface area contributed by atoms with Crippen LogP contribution in [-0.4, -0.2) is 70.7 Å². The third-order valence-corrected chi connectivity index (χ3v) is 9.94. The number of allylic oxidation sites excluding steroid dienone is 3. The molecule has 0 spiro atoms. The minimum Gasteiger partial charge on any atom is -0.367 e. The average Bonchev–Trinajstić information content (AvgIpc) is 3.78. The lowest BCUT2D eigenvalue weighted by Crippen LogP contribution is -2.33. The number of carbonyl (C=O) groups is 1. The number of imidazole rings is 2. The number of likely N-dealkylation sites (N-methyl/N-ethyl adjacent to an activating group) is 1. The first-order chi connectivity index (χ1) is 26.5. The van der Waals surface area contributed by atoms with E-state index >= 15 is 0 Å². The fraction of sp³-hybridized carbons (Fsp3) is 0.150. The van der Waals surface area contributed by atoms with Crippen molar-refractivity contribution in [2.24, 2.45) is 0 Å². The zero-order valence-electron chi connectivity index (χ0n) is 29.5. The highest BCUT2D eigenvalue weighted by Crippen LogP contribution is 2.36. The monoisotopic (exact) mass is 804 g/mol. The second kappa shape index (κ2) is 14.5. The van der Waals surface area contributed by atoms with Crippen molar-refractivity contribution in [3.8, 4) is 33.8 Å². The van der Waals surface area contributed by atoms with Crippen LogP contribution in [0.1, 0.15) is 23.0 Å². The molecule has 276 valence electrons. The van der Waals surface area contributed by atoms with Crippen molar-refractivity contribution in [1.82, 2.24) is 38.6 Å². The van der Waals surface area contributed by atoms with Crippen molar-refractivity contribution in [3.63, 3.8) is 0 Å². The Morgan fingerprint density at radius 1 is 0.818 bits per heavy atom. The Bertz CT molecular complexity index is 2640. The third-order valence-electron chi connectivity index (χ3n) is 9.19. The van der Waals surface area contributed by atoms with Crippen LogP contribution in [0.5, 0.6) is 0 Å². The number of alkyl halides is 3. The van der Waals surface area contributed by atoms with E-state index in [1.807, 2.05) is 77.3 Å². The van der Waals surface area contributed by atoms with Gasteiger partial charge in [0.1, 0.15) is 21.7 Å². The van der Waals surface area contributed by atoms with Crippen LogP contribution >= 0.6 is 15.9 Å². The van der Waals surface area contributed by atoms with Crippen LogP contribution in [0.2, 0.25) is 0 Å². The number of nitrogens with one attached hydrogen (secondary N) is 2. The van der Waals surface area contributed by atoms with Gasteiger partial charge in [-0.25, -0.2) is 19.9 Å². The van der Waals surface area contributed by atoms with Crippen LogP contribution in [0, 0.1) is 0 Å². The highest BCUT2D eigenvalue weighted by Gasteiger charge is 2.37. The minimum atomic E-state index is -4.43. The molecule has 0 saturated heterocycles. The highest BCUT2D eigenvalue weighted by molar-refractivity contribution is 9.10. The number of aromatic nitrogens is 7. The third kappa shape index (κ3) is 7.17. The Balaban J connectivity index is 1.18. The number of Topliss-reactive ketones (excluding diaryl/α,β-unsaturated/α-hetero) is 1. The van der Waals surface area contributed by atoms with Gasteiger partial charge in [0.05, 0.1) is 17.6 Å². The van der Waals surface area contributed by atoms with Gasteiger partial charge in [-0.15, -0.1) is 0 Å². The number of ketones is 1. The molecule has 5 aromatic heterocycles. The van der Waals surface area contributed by atoms with Crippen molar-refractivity contribution in [2.75, 3.05) is 30.8 Å². The molecule has 2 aromatic carbocycles. The van der Waals surface area contributed by atoms with Gasteiger partial charge in [-0.2, -0.15) is 13.2 Å². The van der Waals surface area contributed by atoms with Gasteiger partial charge in [0, 0.05) is 75.1 Å². The molecule has 0 radical (unpaired) electrons. The van der Waals surface area contributed by atoms with Gasteiger partial charge in [0.2, 0.25) is 0 Å². The first-order valence-corrected chi connectivity index (χ1v) is 18.0. The largest absolute Gasteiger partial charge is 0.431 e. The number of carbonyl (C=O) groups excluding carboxylic acids is 1. The van der Waals surface area contributed by atoms with Crippen molar-refractivity contribution < 1.29 is 18.0 Å². The summed E-state index contributed by atoms with van der Waals surface area (Å²) in [6.07, 6.45) is 6.89. The number of pyridine rings is 1. The van der Waals surface area contributed by atoms with Gasteiger partial charge >= 0.3 is 6.18 Å². The Kier molecular flexibility index (Phi) is 9.38. The molecule has 0 saturated carbocycles. The number of anilines is 2. The second-order valence-electron chi connectivity index (χ2n) is 13.0. The summed E-state index contributed by atoms with van der Waals surface area (Å²) in [7, 11) is 1.43. The van der Waals surface area contributed by atoms with Gasteiger partial charge in [-0.1, -0.05) is 60.7 Å². The summed E-state index contributed by atoms with van der Waals surface area (Å²) in [6, 6.07) is 21.3. The smallest absolute Gasteiger partial charge is 0.367 e. The van der Waals surface area contributed by atoms with Crippen LogP contribution < -0.4 is 10.6 Å². The molecule has 0 fully saturated rings. The molecule has 6 heterocycles. The Labute approximate surface area is 321 Å². The molecule has 2 N–H and O–H groups in total. The minimum absolute atomic E-state index is 0.108. The van der Waals surface area contributed by atoms with E-state index in [2.05, 4.69) is 36.5 Å². The number of rotatable bonds is 10. The maximum atomic E-state index is 13.4. The maximum absolute atomic E-state index is 13.4. The number of hydrogen-bond donors (Lipinski definition) is 2. The molecule has 0 amide bonds. The number of hydrogen-bond acceptors (Lipinski definition) is 9. The van der Waals surface area contributed by atoms with Crippen molar-refractivity contribution in [1.29, 1.82) is 0 Å². The van der Waals surface area contributed by atoms with Crippen LogP contribution in [0.15, 0.2) is 126 Å². The molecule has 0 atom stereocenters. The summed E-state index contributed by atoms with van der Waals surface area (Å²) in [5.74, 6) is 0.840. The molecule has 7 aromatic rings. The molecule has 0 bridgehead atoms. The van der Waals surface area contributed by atoms with Crippen LogP contribution in [0.3, 0.4) is 0 Å². The quantitative estimate of drug-likeness (QED) is 0.131. The lowest BCUT2D eigenvalue weighted by Gasteiger charge is -2.28. The van der Waals surface area contributed by atoms with Gasteiger partial charge in [-0.3, -0.25) is 18.6 Å². The number of halogens is 4. The molecule has 0 unspecified atom stereocenters. The highest BCUT2D eigenvalue weighted by atomic mass is 79.9. The Morgan fingerprint density at radius 2 is 1.53 bits per heavy atom. The van der Waals surface area contributed by atoms with Crippen LogP contribution in [0.25, 0.3) is 45.1 Å².